The Labute approximate surface area is 124 Å². The summed E-state index contributed by atoms with van der Waals surface area (Å²) >= 11 is 17.8. The highest BCUT2D eigenvalue weighted by molar-refractivity contribution is 9.11. The molecule has 0 spiro atoms. The van der Waals surface area contributed by atoms with Gasteiger partial charge in [0, 0.05) is 9.90 Å². The maximum absolute atomic E-state index is 6.43. The van der Waals surface area contributed by atoms with Crippen LogP contribution < -0.4 is 0 Å². The highest BCUT2D eigenvalue weighted by Crippen LogP contribution is 2.36. The summed E-state index contributed by atoms with van der Waals surface area (Å²) in [7, 11) is 0. The third-order valence-corrected chi connectivity index (χ3v) is 5.68. The zero-order valence-corrected chi connectivity index (χ0v) is 13.1. The summed E-state index contributed by atoms with van der Waals surface area (Å²) < 4.78 is 1.15. The molecule has 1 heterocycles. The average molecular weight is 350 g/mol. The van der Waals surface area contributed by atoms with Crippen LogP contribution in [-0.2, 0) is 6.42 Å². The van der Waals surface area contributed by atoms with E-state index in [1.807, 2.05) is 24.3 Å². The van der Waals surface area contributed by atoms with Gasteiger partial charge < -0.3 is 0 Å². The molecule has 4 heteroatoms. The Kier molecular flexibility index (Phi) is 4.53. The van der Waals surface area contributed by atoms with Crippen molar-refractivity contribution in [2.24, 2.45) is 0 Å². The molecule has 0 bridgehead atoms. The molecule has 1 aromatic heterocycles. The molecular formula is C13H11BrCl2S. The molecule has 0 aliphatic heterocycles. The molecule has 0 saturated carbocycles. The fourth-order valence-corrected chi connectivity index (χ4v) is 3.72. The number of alkyl halides is 1. The smallest absolute Gasteiger partial charge is 0.0731 e. The van der Waals surface area contributed by atoms with Gasteiger partial charge in [0.1, 0.15) is 0 Å². The quantitative estimate of drug-likeness (QED) is 0.596. The molecule has 0 aliphatic rings. The van der Waals surface area contributed by atoms with Gasteiger partial charge in [0.15, 0.2) is 0 Å². The minimum atomic E-state index is -0.0232. The molecule has 1 atom stereocenters. The second-order valence-corrected chi connectivity index (χ2v) is 7.20. The Bertz CT molecular complexity index is 502. The zero-order chi connectivity index (χ0) is 12.4. The van der Waals surface area contributed by atoms with Crippen molar-refractivity contribution in [1.82, 2.24) is 0 Å². The number of aryl methyl sites for hydroxylation is 1. The standard InChI is InChI=1S/C13H11BrCl2S/c1-8-6-12(17-13(8)14)11(16)7-9-4-2-3-5-10(9)15/h2-6,11H,7H2,1H3. The lowest BCUT2D eigenvalue weighted by Crippen LogP contribution is -1.94. The lowest BCUT2D eigenvalue weighted by molar-refractivity contribution is 0.939. The highest BCUT2D eigenvalue weighted by atomic mass is 79.9. The minimum Gasteiger partial charge on any atom is -0.131 e. The SMILES string of the molecule is Cc1cc(C(Cl)Cc2ccccc2Cl)sc1Br. The molecule has 0 amide bonds. The second-order valence-electron chi connectivity index (χ2n) is 3.87. The van der Waals surface area contributed by atoms with Gasteiger partial charge in [0.05, 0.1) is 9.16 Å². The number of thiophene rings is 1. The monoisotopic (exact) mass is 348 g/mol. The van der Waals surface area contributed by atoms with Gasteiger partial charge >= 0.3 is 0 Å². The maximum atomic E-state index is 6.43. The van der Waals surface area contributed by atoms with Crippen molar-refractivity contribution in [2.45, 2.75) is 18.7 Å². The zero-order valence-electron chi connectivity index (χ0n) is 9.21. The van der Waals surface area contributed by atoms with Gasteiger partial charge in [-0.05, 0) is 52.5 Å². The Balaban J connectivity index is 2.17. The Hall–Kier alpha value is -0.0200. The van der Waals surface area contributed by atoms with Crippen molar-refractivity contribution in [1.29, 1.82) is 0 Å². The van der Waals surface area contributed by atoms with Gasteiger partial charge in [-0.15, -0.1) is 22.9 Å². The summed E-state index contributed by atoms with van der Waals surface area (Å²) in [5.74, 6) is 0. The first-order chi connectivity index (χ1) is 8.08. The Morgan fingerprint density at radius 3 is 2.65 bits per heavy atom. The molecule has 0 fully saturated rings. The third kappa shape index (κ3) is 3.25. The largest absolute Gasteiger partial charge is 0.131 e. The van der Waals surface area contributed by atoms with E-state index in [1.54, 1.807) is 11.3 Å². The molecular weight excluding hydrogens is 339 g/mol. The van der Waals surface area contributed by atoms with E-state index < -0.39 is 0 Å². The summed E-state index contributed by atoms with van der Waals surface area (Å²) in [6.45, 7) is 2.07. The Morgan fingerprint density at radius 1 is 1.35 bits per heavy atom. The normalized spacial score (nSPS) is 12.7. The van der Waals surface area contributed by atoms with Crippen LogP contribution in [0.1, 0.15) is 21.4 Å². The molecule has 1 aromatic carbocycles. The maximum Gasteiger partial charge on any atom is 0.0731 e. The molecule has 0 radical (unpaired) electrons. The van der Waals surface area contributed by atoms with Gasteiger partial charge in [0.25, 0.3) is 0 Å². The fourth-order valence-electron chi connectivity index (χ4n) is 1.60. The summed E-state index contributed by atoms with van der Waals surface area (Å²) in [4.78, 5) is 1.18. The molecule has 2 rings (SSSR count). The summed E-state index contributed by atoms with van der Waals surface area (Å²) in [5.41, 5.74) is 2.33. The number of benzene rings is 1. The van der Waals surface area contributed by atoms with E-state index in [4.69, 9.17) is 23.2 Å². The molecule has 0 aliphatic carbocycles. The predicted molar refractivity (Wildman–Crippen MR) is 80.5 cm³/mol. The van der Waals surface area contributed by atoms with Gasteiger partial charge in [-0.3, -0.25) is 0 Å². The third-order valence-electron chi connectivity index (χ3n) is 2.54. The molecule has 0 N–H and O–H groups in total. The van der Waals surface area contributed by atoms with Crippen LogP contribution >= 0.6 is 50.5 Å². The van der Waals surface area contributed by atoms with Gasteiger partial charge in [-0.25, -0.2) is 0 Å². The highest BCUT2D eigenvalue weighted by Gasteiger charge is 2.14. The fraction of sp³-hybridized carbons (Fsp3) is 0.231. The molecule has 0 nitrogen and oxygen atoms in total. The lowest BCUT2D eigenvalue weighted by Gasteiger charge is -2.08. The van der Waals surface area contributed by atoms with Crippen LogP contribution in [0.15, 0.2) is 34.1 Å². The van der Waals surface area contributed by atoms with E-state index in [2.05, 4.69) is 28.9 Å². The van der Waals surface area contributed by atoms with Crippen molar-refractivity contribution in [3.8, 4) is 0 Å². The van der Waals surface area contributed by atoms with Crippen molar-refractivity contribution in [2.75, 3.05) is 0 Å². The number of rotatable bonds is 3. The molecule has 1 unspecified atom stereocenters. The van der Waals surface area contributed by atoms with Crippen molar-refractivity contribution in [3.05, 3.63) is 55.1 Å². The van der Waals surface area contributed by atoms with E-state index in [0.29, 0.717) is 0 Å². The minimum absolute atomic E-state index is 0.0232. The summed E-state index contributed by atoms with van der Waals surface area (Å²) in [6, 6.07) is 9.97. The molecule has 90 valence electrons. The van der Waals surface area contributed by atoms with Crippen LogP contribution in [0.3, 0.4) is 0 Å². The number of hydrogen-bond acceptors (Lipinski definition) is 1. The number of halogens is 3. The van der Waals surface area contributed by atoms with E-state index in [1.165, 1.54) is 10.4 Å². The van der Waals surface area contributed by atoms with Gasteiger partial charge in [-0.2, -0.15) is 0 Å². The van der Waals surface area contributed by atoms with Crippen molar-refractivity contribution >= 4 is 50.5 Å². The first kappa shape index (κ1) is 13.4. The van der Waals surface area contributed by atoms with Crippen LogP contribution in [0.5, 0.6) is 0 Å². The molecule has 2 aromatic rings. The first-order valence-electron chi connectivity index (χ1n) is 5.21. The average Bonchev–Trinajstić information content (AvgIpc) is 2.63. The molecule has 17 heavy (non-hydrogen) atoms. The first-order valence-corrected chi connectivity index (χ1v) is 7.63. The van der Waals surface area contributed by atoms with Gasteiger partial charge in [-0.1, -0.05) is 29.8 Å². The van der Waals surface area contributed by atoms with Crippen LogP contribution in [0.2, 0.25) is 5.02 Å². The predicted octanol–water partition coefficient (Wildman–Crippen LogP) is 6.00. The number of hydrogen-bond donors (Lipinski definition) is 0. The van der Waals surface area contributed by atoms with Crippen LogP contribution in [0.4, 0.5) is 0 Å². The van der Waals surface area contributed by atoms with E-state index >= 15 is 0 Å². The summed E-state index contributed by atoms with van der Waals surface area (Å²) in [5, 5.41) is 0.760. The molecule has 0 saturated heterocycles. The van der Waals surface area contributed by atoms with Gasteiger partial charge in [0.2, 0.25) is 0 Å². The Morgan fingerprint density at radius 2 is 2.06 bits per heavy atom. The van der Waals surface area contributed by atoms with E-state index in [-0.39, 0.29) is 5.38 Å². The van der Waals surface area contributed by atoms with Crippen molar-refractivity contribution in [3.63, 3.8) is 0 Å². The van der Waals surface area contributed by atoms with Crippen LogP contribution in [-0.4, -0.2) is 0 Å². The van der Waals surface area contributed by atoms with Crippen molar-refractivity contribution < 1.29 is 0 Å². The van der Waals surface area contributed by atoms with E-state index in [9.17, 15) is 0 Å². The van der Waals surface area contributed by atoms with Crippen LogP contribution in [0, 0.1) is 6.92 Å². The second kappa shape index (κ2) is 5.75. The topological polar surface area (TPSA) is 0 Å². The lowest BCUT2D eigenvalue weighted by atomic mass is 10.1. The van der Waals surface area contributed by atoms with E-state index in [0.717, 1.165) is 20.8 Å². The van der Waals surface area contributed by atoms with Crippen LogP contribution in [0.25, 0.3) is 0 Å². The summed E-state index contributed by atoms with van der Waals surface area (Å²) in [6.07, 6.45) is 0.758.